The van der Waals surface area contributed by atoms with Gasteiger partial charge in [0.1, 0.15) is 10.4 Å². The zero-order valence-corrected chi connectivity index (χ0v) is 16.3. The highest BCUT2D eigenvalue weighted by atomic mass is 32.1. The Morgan fingerprint density at radius 2 is 2.00 bits per heavy atom. The van der Waals surface area contributed by atoms with Gasteiger partial charge in [0, 0.05) is 0 Å². The monoisotopic (exact) mass is 394 g/mol. The van der Waals surface area contributed by atoms with Crippen LogP contribution in [0.4, 0.5) is 4.79 Å². The van der Waals surface area contributed by atoms with E-state index in [9.17, 15) is 19.2 Å². The Balaban J connectivity index is 1.56. The van der Waals surface area contributed by atoms with Crippen LogP contribution in [0.5, 0.6) is 0 Å². The Morgan fingerprint density at radius 3 is 2.59 bits per heavy atom. The lowest BCUT2D eigenvalue weighted by Crippen LogP contribution is -2.52. The molecule has 1 aliphatic heterocycles. The SMILES string of the molecule is Cc1nc(C)c(C(=O)OCC(=O)NN2C(=O)NC3(CCC(C)CC3)C2=O)s1. The van der Waals surface area contributed by atoms with Crippen molar-refractivity contribution < 1.29 is 23.9 Å². The van der Waals surface area contributed by atoms with Gasteiger partial charge >= 0.3 is 12.0 Å². The number of carbonyl (C=O) groups excluding carboxylic acids is 4. The van der Waals surface area contributed by atoms with Crippen LogP contribution < -0.4 is 10.7 Å². The van der Waals surface area contributed by atoms with Gasteiger partial charge in [-0.05, 0) is 45.4 Å². The van der Waals surface area contributed by atoms with Crippen molar-refractivity contribution in [1.82, 2.24) is 20.7 Å². The van der Waals surface area contributed by atoms with Crippen LogP contribution in [0.3, 0.4) is 0 Å². The summed E-state index contributed by atoms with van der Waals surface area (Å²) >= 11 is 1.18. The normalized spacial score (nSPS) is 24.9. The molecule has 1 saturated carbocycles. The Labute approximate surface area is 160 Å². The van der Waals surface area contributed by atoms with Crippen LogP contribution in [0.15, 0.2) is 0 Å². The van der Waals surface area contributed by atoms with Gasteiger partial charge in [0.25, 0.3) is 11.8 Å². The average Bonchev–Trinajstić information content (AvgIpc) is 3.07. The molecule has 146 valence electrons. The second-order valence-corrected chi connectivity index (χ2v) is 8.30. The molecule has 0 atom stereocenters. The molecule has 4 amide bonds. The quantitative estimate of drug-likeness (QED) is 0.589. The maximum Gasteiger partial charge on any atom is 0.350 e. The van der Waals surface area contributed by atoms with E-state index >= 15 is 0 Å². The molecule has 2 aliphatic rings. The van der Waals surface area contributed by atoms with Crippen LogP contribution in [0.1, 0.15) is 53.0 Å². The largest absolute Gasteiger partial charge is 0.451 e. The molecule has 9 nitrogen and oxygen atoms in total. The number of amides is 4. The number of carbonyl (C=O) groups is 4. The van der Waals surface area contributed by atoms with Gasteiger partial charge in [-0.15, -0.1) is 11.3 Å². The van der Waals surface area contributed by atoms with Crippen LogP contribution in [-0.2, 0) is 14.3 Å². The average molecular weight is 394 g/mol. The van der Waals surface area contributed by atoms with E-state index < -0.39 is 36.0 Å². The van der Waals surface area contributed by atoms with Crippen LogP contribution in [0, 0.1) is 19.8 Å². The molecule has 3 rings (SSSR count). The van der Waals surface area contributed by atoms with Crippen molar-refractivity contribution in [1.29, 1.82) is 0 Å². The lowest BCUT2D eigenvalue weighted by Gasteiger charge is -2.33. The van der Waals surface area contributed by atoms with Gasteiger partial charge in [-0.25, -0.2) is 14.6 Å². The molecule has 0 bridgehead atoms. The third-order valence-corrected chi connectivity index (χ3v) is 6.00. The summed E-state index contributed by atoms with van der Waals surface area (Å²) in [7, 11) is 0. The van der Waals surface area contributed by atoms with Crippen LogP contribution in [0.25, 0.3) is 0 Å². The molecule has 0 radical (unpaired) electrons. The molecular formula is C17H22N4O5S. The number of urea groups is 1. The minimum Gasteiger partial charge on any atom is -0.451 e. The number of hydrogen-bond acceptors (Lipinski definition) is 7. The van der Waals surface area contributed by atoms with E-state index in [1.165, 1.54) is 11.3 Å². The van der Waals surface area contributed by atoms with Gasteiger partial charge in [-0.2, -0.15) is 5.01 Å². The lowest BCUT2D eigenvalue weighted by molar-refractivity contribution is -0.141. The molecule has 1 spiro atoms. The van der Waals surface area contributed by atoms with Gasteiger partial charge in [-0.3, -0.25) is 15.0 Å². The summed E-state index contributed by atoms with van der Waals surface area (Å²) in [5, 5.41) is 4.11. The van der Waals surface area contributed by atoms with E-state index in [-0.39, 0.29) is 0 Å². The number of hydrazine groups is 1. The van der Waals surface area contributed by atoms with Gasteiger partial charge < -0.3 is 10.1 Å². The first-order valence-corrected chi connectivity index (χ1v) is 9.61. The molecule has 0 unspecified atom stereocenters. The van der Waals surface area contributed by atoms with Gasteiger partial charge in [-0.1, -0.05) is 6.92 Å². The molecule has 1 aliphatic carbocycles. The number of nitrogens with zero attached hydrogens (tertiary/aromatic N) is 2. The fraction of sp³-hybridized carbons (Fsp3) is 0.588. The van der Waals surface area contributed by atoms with Crippen molar-refractivity contribution >= 4 is 35.2 Å². The Hall–Kier alpha value is -2.49. The molecule has 2 N–H and O–H groups in total. The molecule has 2 fully saturated rings. The first-order valence-electron chi connectivity index (χ1n) is 8.79. The lowest BCUT2D eigenvalue weighted by atomic mass is 9.77. The van der Waals surface area contributed by atoms with Crippen molar-refractivity contribution in [3.63, 3.8) is 0 Å². The molecule has 1 aromatic rings. The van der Waals surface area contributed by atoms with Gasteiger partial charge in [0.05, 0.1) is 10.7 Å². The Morgan fingerprint density at radius 1 is 1.33 bits per heavy atom. The molecule has 1 aromatic heterocycles. The standard InChI is InChI=1S/C17H22N4O5S/c1-9-4-6-17(7-5-9)15(24)21(16(25)19-17)20-12(22)8-26-14(23)13-10(2)18-11(3)27-13/h9H,4-8H2,1-3H3,(H,19,25)(H,20,22). The fourth-order valence-electron chi connectivity index (χ4n) is 3.39. The van der Waals surface area contributed by atoms with Crippen molar-refractivity contribution in [2.75, 3.05) is 6.61 Å². The Kier molecular flexibility index (Phi) is 5.18. The second kappa shape index (κ2) is 7.26. The number of aromatic nitrogens is 1. The van der Waals surface area contributed by atoms with Crippen molar-refractivity contribution in [3.05, 3.63) is 15.6 Å². The van der Waals surface area contributed by atoms with Crippen molar-refractivity contribution in [2.45, 2.75) is 52.0 Å². The van der Waals surface area contributed by atoms with Crippen LogP contribution in [-0.4, -0.2) is 46.0 Å². The highest BCUT2D eigenvalue weighted by Gasteiger charge is 2.52. The van der Waals surface area contributed by atoms with Gasteiger partial charge in [0.15, 0.2) is 6.61 Å². The number of aryl methyl sites for hydroxylation is 2. The number of esters is 1. The highest BCUT2D eigenvalue weighted by molar-refractivity contribution is 7.13. The van der Waals surface area contributed by atoms with Crippen LogP contribution in [0.2, 0.25) is 0 Å². The predicted molar refractivity (Wildman–Crippen MR) is 95.8 cm³/mol. The van der Waals surface area contributed by atoms with E-state index in [0.717, 1.165) is 17.8 Å². The molecule has 10 heteroatoms. The molecular weight excluding hydrogens is 372 g/mol. The van der Waals surface area contributed by atoms with E-state index in [2.05, 4.69) is 22.7 Å². The molecule has 27 heavy (non-hydrogen) atoms. The summed E-state index contributed by atoms with van der Waals surface area (Å²) in [5.74, 6) is -1.38. The number of imide groups is 1. The third kappa shape index (κ3) is 3.80. The zero-order chi connectivity index (χ0) is 19.8. The third-order valence-electron chi connectivity index (χ3n) is 4.95. The zero-order valence-electron chi connectivity index (χ0n) is 15.5. The number of rotatable bonds is 4. The first kappa shape index (κ1) is 19.3. The van der Waals surface area contributed by atoms with E-state index in [1.807, 2.05) is 0 Å². The minimum absolute atomic E-state index is 0.325. The second-order valence-electron chi connectivity index (χ2n) is 7.09. The number of ether oxygens (including phenoxy) is 1. The maximum absolute atomic E-state index is 12.7. The van der Waals surface area contributed by atoms with Gasteiger partial charge in [0.2, 0.25) is 0 Å². The van der Waals surface area contributed by atoms with E-state index in [4.69, 9.17) is 4.74 Å². The summed E-state index contributed by atoms with van der Waals surface area (Å²) in [6, 6.07) is -0.664. The first-order chi connectivity index (χ1) is 12.7. The minimum atomic E-state index is -0.940. The fourth-order valence-corrected chi connectivity index (χ4v) is 4.20. The summed E-state index contributed by atoms with van der Waals surface area (Å²) in [4.78, 5) is 53.3. The molecule has 2 heterocycles. The summed E-state index contributed by atoms with van der Waals surface area (Å²) in [5.41, 5.74) is 1.82. The summed E-state index contributed by atoms with van der Waals surface area (Å²) in [6.45, 7) is 4.95. The topological polar surface area (TPSA) is 118 Å². The number of thiazole rings is 1. The molecule has 0 aromatic carbocycles. The Bertz CT molecular complexity index is 797. The highest BCUT2D eigenvalue weighted by Crippen LogP contribution is 2.35. The summed E-state index contributed by atoms with van der Waals surface area (Å²) < 4.78 is 4.97. The number of nitrogens with one attached hydrogen (secondary N) is 2. The van der Waals surface area contributed by atoms with Crippen molar-refractivity contribution in [2.24, 2.45) is 5.92 Å². The van der Waals surface area contributed by atoms with Crippen molar-refractivity contribution in [3.8, 4) is 0 Å². The van der Waals surface area contributed by atoms with E-state index in [1.54, 1.807) is 13.8 Å². The van der Waals surface area contributed by atoms with E-state index in [0.29, 0.717) is 34.3 Å². The predicted octanol–water partition coefficient (Wildman–Crippen LogP) is 1.45. The maximum atomic E-state index is 12.7. The van der Waals surface area contributed by atoms with Crippen LogP contribution >= 0.6 is 11.3 Å². The smallest absolute Gasteiger partial charge is 0.350 e. The number of hydrogen-bond donors (Lipinski definition) is 2. The summed E-state index contributed by atoms with van der Waals surface area (Å²) in [6.07, 6.45) is 2.76. The molecule has 1 saturated heterocycles.